The number of hydrogen-bond acceptors (Lipinski definition) is 6. The quantitative estimate of drug-likeness (QED) is 0.618. The molecule has 178 valence electrons. The molecule has 3 rings (SSSR count). The van der Waals surface area contributed by atoms with Crippen LogP contribution in [-0.4, -0.2) is 70.4 Å². The molecule has 0 unspecified atom stereocenters. The monoisotopic (exact) mass is 463 g/mol. The summed E-state index contributed by atoms with van der Waals surface area (Å²) in [7, 11) is 0. The van der Waals surface area contributed by atoms with Crippen LogP contribution in [-0.2, 0) is 0 Å². The number of aromatic nitrogens is 2. The second-order valence-electron chi connectivity index (χ2n) is 8.01. The van der Waals surface area contributed by atoms with Crippen molar-refractivity contribution in [3.63, 3.8) is 0 Å². The molecule has 2 amide bonds. The van der Waals surface area contributed by atoms with Gasteiger partial charge in [-0.15, -0.1) is 0 Å². The molecule has 2 N–H and O–H groups in total. The molecule has 11 heteroatoms. The fourth-order valence-corrected chi connectivity index (χ4v) is 3.81. The summed E-state index contributed by atoms with van der Waals surface area (Å²) in [5.74, 6) is -0.935. The fraction of sp³-hybridized carbons (Fsp3) is 0.455. The van der Waals surface area contributed by atoms with Crippen LogP contribution in [0.2, 0.25) is 0 Å². The van der Waals surface area contributed by atoms with Crippen LogP contribution in [0.1, 0.15) is 31.1 Å². The highest BCUT2D eigenvalue weighted by Gasteiger charge is 2.35. The highest BCUT2D eigenvalue weighted by Crippen LogP contribution is 2.35. The summed E-state index contributed by atoms with van der Waals surface area (Å²) in [6.45, 7) is 6.15. The van der Waals surface area contributed by atoms with Crippen LogP contribution in [0.4, 0.5) is 19.4 Å². The minimum atomic E-state index is -1.27. The lowest BCUT2D eigenvalue weighted by Crippen LogP contribution is -2.36. The smallest absolute Gasteiger partial charge is 0.404 e. The first kappa shape index (κ1) is 24.1. The Bertz CT molecular complexity index is 1010. The molecule has 9 nitrogen and oxygen atoms in total. The van der Waals surface area contributed by atoms with Gasteiger partial charge in [0.15, 0.2) is 11.6 Å². The van der Waals surface area contributed by atoms with E-state index in [2.05, 4.69) is 15.3 Å². The Labute approximate surface area is 190 Å². The summed E-state index contributed by atoms with van der Waals surface area (Å²) in [6, 6.07) is 3.56. The Balaban J connectivity index is 1.88. The number of alkyl halides is 1. The molecule has 2 heterocycles. The molecule has 33 heavy (non-hydrogen) atoms. The normalized spacial score (nSPS) is 17.8. The molecule has 0 spiro atoms. The Morgan fingerprint density at radius 1 is 1.33 bits per heavy atom. The summed E-state index contributed by atoms with van der Waals surface area (Å²) in [5, 5.41) is 11.0. The Morgan fingerprint density at radius 2 is 2.09 bits per heavy atom. The molecule has 2 aromatic rings. The van der Waals surface area contributed by atoms with Gasteiger partial charge in [-0.1, -0.05) is 0 Å². The van der Waals surface area contributed by atoms with Crippen molar-refractivity contribution in [3.05, 3.63) is 42.1 Å². The van der Waals surface area contributed by atoms with Gasteiger partial charge in [-0.2, -0.15) is 0 Å². The molecule has 2 atom stereocenters. The Hall–Kier alpha value is -3.50. The summed E-state index contributed by atoms with van der Waals surface area (Å²) in [4.78, 5) is 35.2. The van der Waals surface area contributed by atoms with Crippen molar-refractivity contribution < 1.29 is 28.2 Å². The zero-order valence-electron chi connectivity index (χ0n) is 18.7. The van der Waals surface area contributed by atoms with Gasteiger partial charge in [0.1, 0.15) is 24.1 Å². The van der Waals surface area contributed by atoms with E-state index in [1.807, 2.05) is 20.8 Å². The first-order valence-electron chi connectivity index (χ1n) is 10.6. The molecule has 0 bridgehead atoms. The van der Waals surface area contributed by atoms with Crippen LogP contribution in [0.3, 0.4) is 0 Å². The number of carboxylic acid groups (broad SMARTS) is 1. The largest absolute Gasteiger partial charge is 0.465 e. The summed E-state index contributed by atoms with van der Waals surface area (Å²) in [5.41, 5.74) is 0.0497. The van der Waals surface area contributed by atoms with Gasteiger partial charge in [0.25, 0.3) is 5.91 Å². The lowest BCUT2D eigenvalue weighted by molar-refractivity contribution is 0.0713. The SMILES string of the molecule is CCN(C(=O)c1cc(F)ccc1Oc1cncnc1N1C[C@H](CNC(=O)O)[C@H](F)C1)C(C)C. The van der Waals surface area contributed by atoms with E-state index < -0.39 is 24.0 Å². The van der Waals surface area contributed by atoms with Crippen LogP contribution < -0.4 is 15.0 Å². The third-order valence-corrected chi connectivity index (χ3v) is 5.45. The third kappa shape index (κ3) is 5.65. The molecule has 1 fully saturated rings. The highest BCUT2D eigenvalue weighted by molar-refractivity contribution is 5.97. The summed E-state index contributed by atoms with van der Waals surface area (Å²) >= 11 is 0. The van der Waals surface area contributed by atoms with Gasteiger partial charge in [-0.05, 0) is 39.0 Å². The van der Waals surface area contributed by atoms with Crippen molar-refractivity contribution in [1.29, 1.82) is 0 Å². The van der Waals surface area contributed by atoms with Gasteiger partial charge in [-0.3, -0.25) is 4.79 Å². The standard InChI is InChI=1S/C22H27F2N5O4/c1-4-29(13(2)3)21(30)16-7-15(23)5-6-18(16)33-19-9-25-12-27-20(19)28-10-14(17(24)11-28)8-26-22(31)32/h5-7,9,12-14,17,26H,4,8,10-11H2,1-3H3,(H,31,32)/t14-,17+/m0/s1. The van der Waals surface area contributed by atoms with E-state index in [1.165, 1.54) is 24.7 Å². The number of benzene rings is 1. The molecule has 1 aliphatic rings. The molecule has 1 aromatic heterocycles. The van der Waals surface area contributed by atoms with Crippen molar-refractivity contribution in [2.75, 3.05) is 31.1 Å². The minimum absolute atomic E-state index is 0.00843. The number of anilines is 1. The van der Waals surface area contributed by atoms with E-state index in [9.17, 15) is 18.4 Å². The molecule has 0 aliphatic carbocycles. The molecule has 1 saturated heterocycles. The van der Waals surface area contributed by atoms with Crippen molar-refractivity contribution in [2.24, 2.45) is 5.92 Å². The maximum atomic E-state index is 14.5. The fourth-order valence-electron chi connectivity index (χ4n) is 3.81. The molecule has 1 aromatic carbocycles. The molecular formula is C22H27F2N5O4. The average Bonchev–Trinajstić information content (AvgIpc) is 3.14. The summed E-state index contributed by atoms with van der Waals surface area (Å²) in [6.07, 6.45) is 0.178. The van der Waals surface area contributed by atoms with Gasteiger partial charge >= 0.3 is 6.09 Å². The molecule has 0 saturated carbocycles. The van der Waals surface area contributed by atoms with E-state index in [1.54, 1.807) is 9.80 Å². The number of nitrogens with zero attached hydrogens (tertiary/aromatic N) is 4. The first-order valence-corrected chi connectivity index (χ1v) is 10.6. The summed E-state index contributed by atoms with van der Waals surface area (Å²) < 4.78 is 34.5. The van der Waals surface area contributed by atoms with Crippen LogP contribution in [0, 0.1) is 11.7 Å². The third-order valence-electron chi connectivity index (χ3n) is 5.45. The van der Waals surface area contributed by atoms with Crippen LogP contribution in [0.5, 0.6) is 11.5 Å². The lowest BCUT2D eigenvalue weighted by atomic mass is 10.1. The zero-order valence-corrected chi connectivity index (χ0v) is 18.7. The number of carbonyl (C=O) groups excluding carboxylic acids is 1. The number of nitrogens with one attached hydrogen (secondary N) is 1. The van der Waals surface area contributed by atoms with E-state index in [0.29, 0.717) is 12.4 Å². The van der Waals surface area contributed by atoms with E-state index in [4.69, 9.17) is 9.84 Å². The van der Waals surface area contributed by atoms with Crippen LogP contribution in [0.15, 0.2) is 30.7 Å². The van der Waals surface area contributed by atoms with Crippen molar-refractivity contribution in [3.8, 4) is 11.5 Å². The predicted molar refractivity (Wildman–Crippen MR) is 117 cm³/mol. The molecule has 0 radical (unpaired) electrons. The van der Waals surface area contributed by atoms with Crippen molar-refractivity contribution in [1.82, 2.24) is 20.2 Å². The van der Waals surface area contributed by atoms with Gasteiger partial charge < -0.3 is 25.0 Å². The maximum Gasteiger partial charge on any atom is 0.404 e. The highest BCUT2D eigenvalue weighted by atomic mass is 19.1. The van der Waals surface area contributed by atoms with Crippen LogP contribution in [0.25, 0.3) is 0 Å². The number of rotatable bonds is 8. The van der Waals surface area contributed by atoms with E-state index >= 15 is 0 Å². The van der Waals surface area contributed by atoms with Crippen LogP contribution >= 0.6 is 0 Å². The lowest BCUT2D eigenvalue weighted by Gasteiger charge is -2.26. The van der Waals surface area contributed by atoms with Gasteiger partial charge in [-0.25, -0.2) is 23.5 Å². The number of carbonyl (C=O) groups is 2. The number of amides is 2. The van der Waals surface area contributed by atoms with E-state index in [-0.39, 0.29) is 48.6 Å². The Kier molecular flexibility index (Phi) is 7.62. The average molecular weight is 463 g/mol. The first-order chi connectivity index (χ1) is 15.7. The minimum Gasteiger partial charge on any atom is -0.465 e. The second-order valence-corrected chi connectivity index (χ2v) is 8.01. The topological polar surface area (TPSA) is 108 Å². The van der Waals surface area contributed by atoms with Gasteiger partial charge in [0.05, 0.1) is 18.3 Å². The van der Waals surface area contributed by atoms with Crippen molar-refractivity contribution >= 4 is 17.8 Å². The molecular weight excluding hydrogens is 436 g/mol. The number of ether oxygens (including phenoxy) is 1. The molecule has 1 aliphatic heterocycles. The Morgan fingerprint density at radius 3 is 2.76 bits per heavy atom. The maximum absolute atomic E-state index is 14.5. The number of halogens is 2. The van der Waals surface area contributed by atoms with Gasteiger partial charge in [0, 0.05) is 31.6 Å². The van der Waals surface area contributed by atoms with Crippen molar-refractivity contribution in [2.45, 2.75) is 33.0 Å². The second kappa shape index (κ2) is 10.4. The van der Waals surface area contributed by atoms with E-state index in [0.717, 1.165) is 6.07 Å². The van der Waals surface area contributed by atoms with Gasteiger partial charge in [0.2, 0.25) is 0 Å². The predicted octanol–water partition coefficient (Wildman–Crippen LogP) is 3.32. The number of hydrogen-bond donors (Lipinski definition) is 2. The zero-order chi connectivity index (χ0) is 24.1.